The van der Waals surface area contributed by atoms with Gasteiger partial charge in [0.05, 0.1) is 0 Å². The van der Waals surface area contributed by atoms with Gasteiger partial charge in [-0.25, -0.2) is 0 Å². The molecule has 0 heterocycles. The molecule has 0 unspecified atom stereocenters. The number of benzene rings is 1. The van der Waals surface area contributed by atoms with E-state index in [4.69, 9.17) is 0 Å². The Morgan fingerprint density at radius 1 is 1.05 bits per heavy atom. The van der Waals surface area contributed by atoms with Crippen molar-refractivity contribution in [3.63, 3.8) is 0 Å². The van der Waals surface area contributed by atoms with Gasteiger partial charge in [0.25, 0.3) is 5.91 Å². The molecule has 0 fully saturated rings. The third-order valence-corrected chi connectivity index (χ3v) is 3.58. The van der Waals surface area contributed by atoms with Crippen molar-refractivity contribution >= 4 is 23.0 Å². The topological polar surface area (TPSA) is 46.2 Å². The highest BCUT2D eigenvalue weighted by atomic mass is 32.2. The summed E-state index contributed by atoms with van der Waals surface area (Å²) in [5.74, 6) is -0.234. The number of hydrogen-bond donors (Lipinski definition) is 1. The quantitative estimate of drug-likeness (QED) is 0.836. The van der Waals surface area contributed by atoms with Crippen molar-refractivity contribution in [2.75, 3.05) is 0 Å². The number of carbonyl (C=O) groups excluding carboxylic acids is 2. The van der Waals surface area contributed by atoms with Gasteiger partial charge in [-0.1, -0.05) is 52.8 Å². The summed E-state index contributed by atoms with van der Waals surface area (Å²) in [5.41, 5.74) is 0.674. The van der Waals surface area contributed by atoms with Crippen molar-refractivity contribution in [2.24, 2.45) is 10.8 Å². The summed E-state index contributed by atoms with van der Waals surface area (Å²) >= 11 is 0.894. The van der Waals surface area contributed by atoms with Gasteiger partial charge in [0.15, 0.2) is 0 Å². The van der Waals surface area contributed by atoms with Gasteiger partial charge in [0.2, 0.25) is 5.12 Å². The first kappa shape index (κ1) is 17.8. The largest absolute Gasteiger partial charge is 0.289 e. The highest BCUT2D eigenvalue weighted by Gasteiger charge is 2.28. The minimum absolute atomic E-state index is 0.00599. The zero-order valence-corrected chi connectivity index (χ0v) is 14.3. The lowest BCUT2D eigenvalue weighted by atomic mass is 9.75. The lowest BCUT2D eigenvalue weighted by molar-refractivity contribution is -0.113. The lowest BCUT2D eigenvalue weighted by Gasteiger charge is -2.31. The van der Waals surface area contributed by atoms with Crippen LogP contribution in [0.1, 0.15) is 57.8 Å². The van der Waals surface area contributed by atoms with Crippen LogP contribution in [-0.2, 0) is 4.79 Å². The predicted octanol–water partition coefficient (Wildman–Crippen LogP) is 4.44. The van der Waals surface area contributed by atoms with Crippen molar-refractivity contribution in [1.29, 1.82) is 0 Å². The molecule has 3 nitrogen and oxygen atoms in total. The fraction of sp³-hybridized carbons (Fsp3) is 0.529. The van der Waals surface area contributed by atoms with E-state index in [1.807, 2.05) is 6.07 Å². The summed E-state index contributed by atoms with van der Waals surface area (Å²) in [7, 11) is 0. The van der Waals surface area contributed by atoms with Crippen LogP contribution < -0.4 is 4.72 Å². The Morgan fingerprint density at radius 2 is 1.62 bits per heavy atom. The molecule has 4 heteroatoms. The highest BCUT2D eigenvalue weighted by molar-refractivity contribution is 8.12. The van der Waals surface area contributed by atoms with Crippen LogP contribution in [0.3, 0.4) is 0 Å². The summed E-state index contributed by atoms with van der Waals surface area (Å²) in [6, 6.07) is 8.90. The molecule has 0 saturated heterocycles. The normalized spacial score (nSPS) is 12.0. The van der Waals surface area contributed by atoms with Gasteiger partial charge in [-0.15, -0.1) is 0 Å². The summed E-state index contributed by atoms with van der Waals surface area (Å²) in [6.07, 6.45) is 1.41. The van der Waals surface area contributed by atoms with E-state index in [2.05, 4.69) is 39.3 Å². The van der Waals surface area contributed by atoms with Crippen LogP contribution in [0.4, 0.5) is 0 Å². The first-order valence-electron chi connectivity index (χ1n) is 7.14. The first-order chi connectivity index (χ1) is 9.59. The van der Waals surface area contributed by atoms with Crippen molar-refractivity contribution < 1.29 is 9.59 Å². The van der Waals surface area contributed by atoms with Crippen molar-refractivity contribution in [1.82, 2.24) is 4.72 Å². The van der Waals surface area contributed by atoms with E-state index in [1.165, 1.54) is 0 Å². The van der Waals surface area contributed by atoms with Gasteiger partial charge in [-0.2, -0.15) is 0 Å². The van der Waals surface area contributed by atoms with Gasteiger partial charge in [0.1, 0.15) is 0 Å². The molecule has 21 heavy (non-hydrogen) atoms. The zero-order valence-electron chi connectivity index (χ0n) is 13.5. The Kier molecular flexibility index (Phi) is 6.02. The number of rotatable bonds is 4. The molecule has 0 aliphatic rings. The minimum atomic E-state index is -0.234. The van der Waals surface area contributed by atoms with Crippen LogP contribution in [0.25, 0.3) is 0 Å². The Balaban J connectivity index is 2.46. The third-order valence-electron chi connectivity index (χ3n) is 2.93. The van der Waals surface area contributed by atoms with Crippen LogP contribution in [0.15, 0.2) is 30.3 Å². The summed E-state index contributed by atoms with van der Waals surface area (Å²) in [4.78, 5) is 23.9. The van der Waals surface area contributed by atoms with Gasteiger partial charge >= 0.3 is 0 Å². The van der Waals surface area contributed by atoms with Crippen LogP contribution in [0.5, 0.6) is 0 Å². The summed E-state index contributed by atoms with van der Waals surface area (Å²) < 4.78 is 2.61. The van der Waals surface area contributed by atoms with Gasteiger partial charge in [0, 0.05) is 23.9 Å². The molecule has 0 aromatic heterocycles. The molecule has 0 bridgehead atoms. The van der Waals surface area contributed by atoms with Crippen LogP contribution in [0.2, 0.25) is 0 Å². The molecule has 1 rings (SSSR count). The van der Waals surface area contributed by atoms with E-state index in [9.17, 15) is 9.59 Å². The van der Waals surface area contributed by atoms with Gasteiger partial charge < -0.3 is 0 Å². The van der Waals surface area contributed by atoms with E-state index in [0.717, 1.165) is 18.4 Å². The molecule has 1 N–H and O–H groups in total. The molecule has 1 aromatic carbocycles. The van der Waals surface area contributed by atoms with E-state index in [-0.39, 0.29) is 21.9 Å². The molecular weight excluding hydrogens is 282 g/mol. The van der Waals surface area contributed by atoms with Crippen LogP contribution in [0, 0.1) is 10.8 Å². The standard InChI is InChI=1S/C17H25NO2S/c1-16(2,3)12-17(4,5)11-14(19)21-18-15(20)13-9-7-6-8-10-13/h6-10H,11-12H2,1-5H3,(H,18,20). The monoisotopic (exact) mass is 307 g/mol. The maximum atomic E-state index is 12.0. The molecule has 0 spiro atoms. The Labute approximate surface area is 132 Å². The molecule has 1 aromatic rings. The SMILES string of the molecule is CC(C)(C)CC(C)(C)CC(=O)SNC(=O)c1ccccc1. The second-order valence-electron chi connectivity index (χ2n) is 7.35. The Morgan fingerprint density at radius 3 is 2.14 bits per heavy atom. The fourth-order valence-corrected chi connectivity index (χ4v) is 3.46. The average molecular weight is 307 g/mol. The first-order valence-corrected chi connectivity index (χ1v) is 7.96. The number of nitrogens with one attached hydrogen (secondary N) is 1. The van der Waals surface area contributed by atoms with E-state index >= 15 is 0 Å². The molecule has 0 radical (unpaired) electrons. The lowest BCUT2D eigenvalue weighted by Crippen LogP contribution is -2.25. The number of amides is 1. The minimum Gasteiger partial charge on any atom is -0.289 e. The second-order valence-corrected chi connectivity index (χ2v) is 8.21. The summed E-state index contributed by atoms with van der Waals surface area (Å²) in [5, 5.41) is -0.00599. The molecule has 1 amide bonds. The predicted molar refractivity (Wildman–Crippen MR) is 89.0 cm³/mol. The van der Waals surface area contributed by atoms with Crippen LogP contribution in [-0.4, -0.2) is 11.0 Å². The molecule has 0 saturated carbocycles. The van der Waals surface area contributed by atoms with Crippen molar-refractivity contribution in [2.45, 2.75) is 47.5 Å². The molecule has 0 aliphatic carbocycles. The molecule has 0 aliphatic heterocycles. The molecule has 0 atom stereocenters. The fourth-order valence-electron chi connectivity index (χ4n) is 2.68. The number of carbonyl (C=O) groups is 2. The molecular formula is C17H25NO2S. The van der Waals surface area contributed by atoms with Gasteiger partial charge in [-0.3, -0.25) is 14.3 Å². The van der Waals surface area contributed by atoms with Gasteiger partial charge in [-0.05, 0) is 29.4 Å². The maximum Gasteiger partial charge on any atom is 0.261 e. The van der Waals surface area contributed by atoms with Crippen LogP contribution >= 0.6 is 11.9 Å². The molecule has 116 valence electrons. The Bertz CT molecular complexity index is 489. The second kappa shape index (κ2) is 7.12. The zero-order chi connectivity index (χ0) is 16.1. The Hall–Kier alpha value is -1.29. The third kappa shape index (κ3) is 7.32. The summed E-state index contributed by atoms with van der Waals surface area (Å²) in [6.45, 7) is 10.7. The van der Waals surface area contributed by atoms with E-state index < -0.39 is 0 Å². The highest BCUT2D eigenvalue weighted by Crippen LogP contribution is 2.36. The van der Waals surface area contributed by atoms with Crippen molar-refractivity contribution in [3.05, 3.63) is 35.9 Å². The number of hydrogen-bond acceptors (Lipinski definition) is 3. The maximum absolute atomic E-state index is 12.0. The van der Waals surface area contributed by atoms with E-state index in [0.29, 0.717) is 12.0 Å². The van der Waals surface area contributed by atoms with E-state index in [1.54, 1.807) is 24.3 Å². The van der Waals surface area contributed by atoms with Crippen molar-refractivity contribution in [3.8, 4) is 0 Å². The average Bonchev–Trinajstić information content (AvgIpc) is 2.33. The smallest absolute Gasteiger partial charge is 0.261 e.